The SMILES string of the molecule is CC(=O)NCCNc1nc(Nc2cccc(N(C)C(=O)c3cc(F)cc(F)c3)c2)ncc1C(F)(F)F. The maximum Gasteiger partial charge on any atom is 0.421 e. The van der Waals surface area contributed by atoms with Crippen LogP contribution in [0.25, 0.3) is 0 Å². The van der Waals surface area contributed by atoms with Crippen molar-refractivity contribution in [2.75, 3.05) is 35.7 Å². The van der Waals surface area contributed by atoms with Crippen LogP contribution in [0.3, 0.4) is 0 Å². The van der Waals surface area contributed by atoms with E-state index in [0.29, 0.717) is 23.6 Å². The molecule has 1 aromatic heterocycles. The van der Waals surface area contributed by atoms with Crippen molar-refractivity contribution >= 4 is 35.0 Å². The molecule has 0 aliphatic heterocycles. The van der Waals surface area contributed by atoms with E-state index < -0.39 is 35.1 Å². The minimum atomic E-state index is -4.71. The van der Waals surface area contributed by atoms with E-state index in [-0.39, 0.29) is 30.5 Å². The fourth-order valence-corrected chi connectivity index (χ4v) is 3.11. The lowest BCUT2D eigenvalue weighted by atomic mass is 10.1. The van der Waals surface area contributed by atoms with Gasteiger partial charge < -0.3 is 20.9 Å². The second kappa shape index (κ2) is 11.0. The summed E-state index contributed by atoms with van der Waals surface area (Å²) in [4.78, 5) is 32.4. The second-order valence-corrected chi connectivity index (χ2v) is 7.56. The van der Waals surface area contributed by atoms with Gasteiger partial charge in [0.25, 0.3) is 5.91 Å². The lowest BCUT2D eigenvalue weighted by molar-refractivity contribution is -0.137. The summed E-state index contributed by atoms with van der Waals surface area (Å²) in [5.41, 5.74) is -0.622. The number of nitrogens with one attached hydrogen (secondary N) is 3. The molecule has 0 saturated heterocycles. The number of halogens is 5. The summed E-state index contributed by atoms with van der Waals surface area (Å²) in [5, 5.41) is 7.76. The summed E-state index contributed by atoms with van der Waals surface area (Å²) in [5.74, 6) is -3.46. The van der Waals surface area contributed by atoms with Gasteiger partial charge in [-0.05, 0) is 30.3 Å². The third-order valence-corrected chi connectivity index (χ3v) is 4.79. The van der Waals surface area contributed by atoms with Crippen molar-refractivity contribution in [3.05, 3.63) is 71.4 Å². The zero-order chi connectivity index (χ0) is 26.5. The fraction of sp³-hybridized carbons (Fsp3) is 0.217. The number of aromatic nitrogens is 2. The fourth-order valence-electron chi connectivity index (χ4n) is 3.11. The number of alkyl halides is 3. The zero-order valence-corrected chi connectivity index (χ0v) is 19.1. The Kier molecular flexibility index (Phi) is 8.02. The highest BCUT2D eigenvalue weighted by atomic mass is 19.4. The van der Waals surface area contributed by atoms with Crippen LogP contribution in [-0.2, 0) is 11.0 Å². The van der Waals surface area contributed by atoms with E-state index in [1.807, 2.05) is 0 Å². The summed E-state index contributed by atoms with van der Waals surface area (Å²) in [6.45, 7) is 1.35. The topological polar surface area (TPSA) is 99.2 Å². The van der Waals surface area contributed by atoms with Gasteiger partial charge in [-0.1, -0.05) is 6.07 Å². The van der Waals surface area contributed by atoms with Gasteiger partial charge in [0.15, 0.2) is 0 Å². The van der Waals surface area contributed by atoms with Gasteiger partial charge >= 0.3 is 6.18 Å². The molecule has 3 N–H and O–H groups in total. The van der Waals surface area contributed by atoms with E-state index in [9.17, 15) is 31.5 Å². The van der Waals surface area contributed by atoms with Gasteiger partial charge in [-0.2, -0.15) is 18.2 Å². The van der Waals surface area contributed by atoms with E-state index in [2.05, 4.69) is 25.9 Å². The first-order valence-electron chi connectivity index (χ1n) is 10.5. The van der Waals surface area contributed by atoms with Crippen molar-refractivity contribution in [3.8, 4) is 0 Å². The molecule has 0 unspecified atom stereocenters. The molecule has 36 heavy (non-hydrogen) atoms. The van der Waals surface area contributed by atoms with E-state index in [0.717, 1.165) is 17.0 Å². The maximum atomic E-state index is 13.5. The molecule has 0 radical (unpaired) electrons. The highest BCUT2D eigenvalue weighted by Gasteiger charge is 2.35. The third kappa shape index (κ3) is 6.87. The minimum Gasteiger partial charge on any atom is -0.368 e. The highest BCUT2D eigenvalue weighted by molar-refractivity contribution is 6.06. The lowest BCUT2D eigenvalue weighted by Crippen LogP contribution is -2.27. The van der Waals surface area contributed by atoms with Crippen LogP contribution in [0.4, 0.5) is 45.1 Å². The average molecular weight is 508 g/mol. The molecular weight excluding hydrogens is 487 g/mol. The third-order valence-electron chi connectivity index (χ3n) is 4.79. The van der Waals surface area contributed by atoms with Crippen molar-refractivity contribution < 1.29 is 31.5 Å². The Morgan fingerprint density at radius 2 is 1.72 bits per heavy atom. The number of rotatable bonds is 8. The van der Waals surface area contributed by atoms with Crippen LogP contribution >= 0.6 is 0 Å². The molecule has 0 bridgehead atoms. The largest absolute Gasteiger partial charge is 0.421 e. The Morgan fingerprint density at radius 3 is 2.36 bits per heavy atom. The van der Waals surface area contributed by atoms with E-state index >= 15 is 0 Å². The van der Waals surface area contributed by atoms with E-state index in [1.54, 1.807) is 18.2 Å². The van der Waals surface area contributed by atoms with Crippen molar-refractivity contribution in [3.63, 3.8) is 0 Å². The van der Waals surface area contributed by atoms with Crippen LogP contribution in [0.15, 0.2) is 48.7 Å². The van der Waals surface area contributed by atoms with Gasteiger partial charge in [-0.3, -0.25) is 9.59 Å². The Morgan fingerprint density at radius 1 is 1.03 bits per heavy atom. The van der Waals surface area contributed by atoms with Crippen LogP contribution in [-0.4, -0.2) is 41.9 Å². The Balaban J connectivity index is 1.80. The molecule has 2 amide bonds. The molecule has 0 aliphatic carbocycles. The molecule has 2 aromatic carbocycles. The summed E-state index contributed by atoms with van der Waals surface area (Å²) in [7, 11) is 1.40. The number of carbonyl (C=O) groups excluding carboxylic acids is 2. The van der Waals surface area contributed by atoms with Gasteiger partial charge in [0.05, 0.1) is 0 Å². The number of benzene rings is 2. The number of carbonyl (C=O) groups is 2. The normalized spacial score (nSPS) is 11.1. The number of anilines is 4. The van der Waals surface area contributed by atoms with Crippen molar-refractivity contribution in [2.45, 2.75) is 13.1 Å². The molecule has 3 rings (SSSR count). The van der Waals surface area contributed by atoms with E-state index in [4.69, 9.17) is 0 Å². The van der Waals surface area contributed by atoms with Gasteiger partial charge in [0.1, 0.15) is 23.0 Å². The van der Waals surface area contributed by atoms with Crippen LogP contribution in [0.2, 0.25) is 0 Å². The van der Waals surface area contributed by atoms with Crippen LogP contribution in [0.5, 0.6) is 0 Å². The second-order valence-electron chi connectivity index (χ2n) is 7.56. The number of hydrogen-bond donors (Lipinski definition) is 3. The van der Waals surface area contributed by atoms with E-state index in [1.165, 1.54) is 20.0 Å². The molecule has 190 valence electrons. The van der Waals surface area contributed by atoms with Crippen LogP contribution in [0.1, 0.15) is 22.8 Å². The number of hydrogen-bond acceptors (Lipinski definition) is 6. The first-order valence-corrected chi connectivity index (χ1v) is 10.5. The molecular formula is C23H21F5N6O2. The Labute approximate surface area is 202 Å². The molecule has 8 nitrogen and oxygen atoms in total. The molecule has 0 atom stereocenters. The molecule has 0 aliphatic rings. The summed E-state index contributed by atoms with van der Waals surface area (Å²) < 4.78 is 67.1. The van der Waals surface area contributed by atoms with Crippen molar-refractivity contribution in [1.82, 2.24) is 15.3 Å². The predicted octanol–water partition coefficient (Wildman–Crippen LogP) is 4.34. The van der Waals surface area contributed by atoms with Crippen molar-refractivity contribution in [2.24, 2.45) is 0 Å². The summed E-state index contributed by atoms with van der Waals surface area (Å²) in [6.07, 6.45) is -4.09. The smallest absolute Gasteiger partial charge is 0.368 e. The van der Waals surface area contributed by atoms with Crippen LogP contribution in [0, 0.1) is 11.6 Å². The molecule has 0 fully saturated rings. The lowest BCUT2D eigenvalue weighted by Gasteiger charge is -2.19. The highest BCUT2D eigenvalue weighted by Crippen LogP contribution is 2.34. The first kappa shape index (κ1) is 26.3. The quantitative estimate of drug-likeness (QED) is 0.309. The zero-order valence-electron chi connectivity index (χ0n) is 19.1. The Hall–Kier alpha value is -4.29. The molecule has 0 spiro atoms. The molecule has 0 saturated carbocycles. The minimum absolute atomic E-state index is 0.0117. The standard InChI is InChI=1S/C23H21F5N6O2/c1-13(35)29-6-7-30-20-19(23(26,27)28)12-31-22(33-20)32-17-4-3-5-18(11-17)34(2)21(36)14-8-15(24)10-16(25)9-14/h3-5,8-12H,6-7H2,1-2H3,(H,29,35)(H2,30,31,32,33). The monoisotopic (exact) mass is 508 g/mol. The molecule has 1 heterocycles. The van der Waals surface area contributed by atoms with Gasteiger partial charge in [0, 0.05) is 56.3 Å². The predicted molar refractivity (Wildman–Crippen MR) is 123 cm³/mol. The average Bonchev–Trinajstić information content (AvgIpc) is 2.79. The van der Waals surface area contributed by atoms with Crippen LogP contribution < -0.4 is 20.9 Å². The number of nitrogens with zero attached hydrogens (tertiary/aromatic N) is 3. The van der Waals surface area contributed by atoms with Gasteiger partial charge in [-0.15, -0.1) is 0 Å². The first-order chi connectivity index (χ1) is 16.9. The van der Waals surface area contributed by atoms with Gasteiger partial charge in [0.2, 0.25) is 11.9 Å². The maximum absolute atomic E-state index is 13.5. The molecule has 13 heteroatoms. The summed E-state index contributed by atoms with van der Waals surface area (Å²) >= 11 is 0. The van der Waals surface area contributed by atoms with Gasteiger partial charge in [-0.25, -0.2) is 13.8 Å². The number of amides is 2. The molecule has 3 aromatic rings. The summed E-state index contributed by atoms with van der Waals surface area (Å²) in [6, 6.07) is 8.62. The van der Waals surface area contributed by atoms with Crippen molar-refractivity contribution in [1.29, 1.82) is 0 Å². The Bertz CT molecular complexity index is 1250.